The standard InChI is InChI=1S/C8H16N2O2S/c1-6-3-10(8(13)9-2)4-7(5-11)12-6/h6-7,11H,3-5H2,1-2H3,(H,9,13). The van der Waals surface area contributed by atoms with Gasteiger partial charge in [-0.25, -0.2) is 0 Å². The van der Waals surface area contributed by atoms with Crippen molar-refractivity contribution < 1.29 is 9.84 Å². The molecule has 2 atom stereocenters. The molecule has 0 saturated carbocycles. The summed E-state index contributed by atoms with van der Waals surface area (Å²) in [4.78, 5) is 2.02. The van der Waals surface area contributed by atoms with E-state index < -0.39 is 0 Å². The number of aliphatic hydroxyl groups is 1. The molecule has 4 nitrogen and oxygen atoms in total. The summed E-state index contributed by atoms with van der Waals surface area (Å²) in [5.74, 6) is 0. The molecular weight excluding hydrogens is 188 g/mol. The zero-order valence-corrected chi connectivity index (χ0v) is 8.80. The summed E-state index contributed by atoms with van der Waals surface area (Å²) in [6, 6.07) is 0. The Labute approximate surface area is 83.9 Å². The number of ether oxygens (including phenoxy) is 1. The monoisotopic (exact) mass is 204 g/mol. The first-order valence-electron chi connectivity index (χ1n) is 4.40. The highest BCUT2D eigenvalue weighted by molar-refractivity contribution is 7.80. The van der Waals surface area contributed by atoms with Gasteiger partial charge in [-0.3, -0.25) is 0 Å². The molecule has 0 aromatic heterocycles. The topological polar surface area (TPSA) is 44.7 Å². The number of aliphatic hydroxyl groups excluding tert-OH is 1. The van der Waals surface area contributed by atoms with Crippen molar-refractivity contribution in [3.8, 4) is 0 Å². The van der Waals surface area contributed by atoms with E-state index in [1.165, 1.54) is 0 Å². The highest BCUT2D eigenvalue weighted by Gasteiger charge is 2.25. The Morgan fingerprint density at radius 3 is 2.92 bits per heavy atom. The predicted octanol–water partition coefficient (Wildman–Crippen LogP) is -0.428. The highest BCUT2D eigenvalue weighted by Crippen LogP contribution is 2.10. The van der Waals surface area contributed by atoms with Crippen molar-refractivity contribution in [3.63, 3.8) is 0 Å². The van der Waals surface area contributed by atoms with Crippen molar-refractivity contribution in [1.29, 1.82) is 0 Å². The maximum absolute atomic E-state index is 8.97. The first-order valence-corrected chi connectivity index (χ1v) is 4.81. The molecule has 2 N–H and O–H groups in total. The fourth-order valence-corrected chi connectivity index (χ4v) is 1.62. The molecule has 1 aliphatic heterocycles. The second kappa shape index (κ2) is 4.74. The van der Waals surface area contributed by atoms with Crippen LogP contribution in [-0.4, -0.2) is 54.1 Å². The predicted molar refractivity (Wildman–Crippen MR) is 54.7 cm³/mol. The van der Waals surface area contributed by atoms with E-state index in [9.17, 15) is 0 Å². The van der Waals surface area contributed by atoms with Crippen LogP contribution in [0.25, 0.3) is 0 Å². The Morgan fingerprint density at radius 2 is 2.38 bits per heavy atom. The normalized spacial score (nSPS) is 28.7. The van der Waals surface area contributed by atoms with Gasteiger partial charge in [0.1, 0.15) is 0 Å². The zero-order valence-electron chi connectivity index (χ0n) is 7.99. The van der Waals surface area contributed by atoms with Gasteiger partial charge in [0.15, 0.2) is 5.11 Å². The van der Waals surface area contributed by atoms with Gasteiger partial charge in [0.25, 0.3) is 0 Å². The molecule has 76 valence electrons. The van der Waals surface area contributed by atoms with Gasteiger partial charge in [-0.15, -0.1) is 0 Å². The number of morpholine rings is 1. The second-order valence-electron chi connectivity index (χ2n) is 3.21. The molecule has 0 aromatic rings. The van der Waals surface area contributed by atoms with E-state index in [1.54, 1.807) is 7.05 Å². The molecule has 0 aliphatic carbocycles. The van der Waals surface area contributed by atoms with E-state index in [2.05, 4.69) is 5.32 Å². The van der Waals surface area contributed by atoms with Crippen LogP contribution in [0.3, 0.4) is 0 Å². The maximum atomic E-state index is 8.97. The van der Waals surface area contributed by atoms with Gasteiger partial charge in [0.2, 0.25) is 0 Å². The summed E-state index contributed by atoms with van der Waals surface area (Å²) in [6.45, 7) is 3.48. The Morgan fingerprint density at radius 1 is 1.69 bits per heavy atom. The summed E-state index contributed by atoms with van der Waals surface area (Å²) in [5, 5.41) is 12.6. The van der Waals surface area contributed by atoms with E-state index in [-0.39, 0.29) is 18.8 Å². The third kappa shape index (κ3) is 2.79. The number of hydrogen-bond acceptors (Lipinski definition) is 3. The zero-order chi connectivity index (χ0) is 9.84. The van der Waals surface area contributed by atoms with Crippen LogP contribution < -0.4 is 5.32 Å². The number of thiocarbonyl (C=S) groups is 1. The minimum absolute atomic E-state index is 0.0488. The first kappa shape index (κ1) is 10.7. The fraction of sp³-hybridized carbons (Fsp3) is 0.875. The van der Waals surface area contributed by atoms with Gasteiger partial charge in [-0.2, -0.15) is 0 Å². The number of nitrogens with zero attached hydrogens (tertiary/aromatic N) is 1. The lowest BCUT2D eigenvalue weighted by Crippen LogP contribution is -2.52. The molecular formula is C8H16N2O2S. The van der Waals surface area contributed by atoms with E-state index in [1.807, 2.05) is 11.8 Å². The van der Waals surface area contributed by atoms with Gasteiger partial charge < -0.3 is 20.1 Å². The van der Waals surface area contributed by atoms with Crippen molar-refractivity contribution >= 4 is 17.3 Å². The summed E-state index contributed by atoms with van der Waals surface area (Å²) >= 11 is 5.11. The molecule has 0 aromatic carbocycles. The molecule has 1 rings (SSSR count). The third-order valence-electron chi connectivity index (χ3n) is 2.03. The third-order valence-corrected chi connectivity index (χ3v) is 2.49. The Balaban J connectivity index is 2.51. The van der Waals surface area contributed by atoms with Gasteiger partial charge >= 0.3 is 0 Å². The molecule has 5 heteroatoms. The summed E-state index contributed by atoms with van der Waals surface area (Å²) in [5.41, 5.74) is 0. The van der Waals surface area contributed by atoms with E-state index in [0.29, 0.717) is 11.7 Å². The van der Waals surface area contributed by atoms with Gasteiger partial charge in [-0.1, -0.05) is 0 Å². The highest BCUT2D eigenvalue weighted by atomic mass is 32.1. The molecule has 1 saturated heterocycles. The number of rotatable bonds is 1. The van der Waals surface area contributed by atoms with Crippen molar-refractivity contribution in [2.75, 3.05) is 26.7 Å². The van der Waals surface area contributed by atoms with Crippen molar-refractivity contribution in [1.82, 2.24) is 10.2 Å². The van der Waals surface area contributed by atoms with Crippen molar-refractivity contribution in [2.24, 2.45) is 0 Å². The van der Waals surface area contributed by atoms with E-state index >= 15 is 0 Å². The van der Waals surface area contributed by atoms with Gasteiger partial charge in [-0.05, 0) is 19.1 Å². The number of nitrogens with one attached hydrogen (secondary N) is 1. The van der Waals surface area contributed by atoms with Crippen LogP contribution in [0.5, 0.6) is 0 Å². The van der Waals surface area contributed by atoms with Crippen molar-refractivity contribution in [3.05, 3.63) is 0 Å². The van der Waals surface area contributed by atoms with Gasteiger partial charge in [0.05, 0.1) is 18.8 Å². The average molecular weight is 204 g/mol. The summed E-state index contributed by atoms with van der Waals surface area (Å²) in [6.07, 6.45) is 0.00671. The first-order chi connectivity index (χ1) is 6.17. The van der Waals surface area contributed by atoms with Crippen LogP contribution in [0.1, 0.15) is 6.92 Å². The molecule has 2 unspecified atom stereocenters. The second-order valence-corrected chi connectivity index (χ2v) is 3.60. The number of hydrogen-bond donors (Lipinski definition) is 2. The largest absolute Gasteiger partial charge is 0.394 e. The fourth-order valence-electron chi connectivity index (χ4n) is 1.47. The molecule has 0 bridgehead atoms. The van der Waals surface area contributed by atoms with Crippen LogP contribution >= 0.6 is 12.2 Å². The Bertz CT molecular complexity index is 189. The van der Waals surface area contributed by atoms with E-state index in [4.69, 9.17) is 22.1 Å². The van der Waals surface area contributed by atoms with Crippen LogP contribution in [0.15, 0.2) is 0 Å². The van der Waals surface area contributed by atoms with Crippen LogP contribution in [-0.2, 0) is 4.74 Å². The Kier molecular flexibility index (Phi) is 3.90. The van der Waals surface area contributed by atoms with Crippen LogP contribution in [0.4, 0.5) is 0 Å². The van der Waals surface area contributed by atoms with E-state index in [0.717, 1.165) is 6.54 Å². The van der Waals surface area contributed by atoms with Crippen LogP contribution in [0.2, 0.25) is 0 Å². The summed E-state index contributed by atoms with van der Waals surface area (Å²) in [7, 11) is 1.80. The molecule has 1 heterocycles. The molecule has 0 spiro atoms. The minimum Gasteiger partial charge on any atom is -0.394 e. The maximum Gasteiger partial charge on any atom is 0.168 e. The molecule has 0 radical (unpaired) electrons. The molecule has 1 aliphatic rings. The van der Waals surface area contributed by atoms with Crippen molar-refractivity contribution in [2.45, 2.75) is 19.1 Å². The minimum atomic E-state index is -0.116. The molecule has 1 fully saturated rings. The Hall–Kier alpha value is -0.390. The molecule has 13 heavy (non-hydrogen) atoms. The molecule has 0 amide bonds. The SMILES string of the molecule is CNC(=S)N1CC(C)OC(CO)C1. The lowest BCUT2D eigenvalue weighted by molar-refractivity contribution is -0.0785. The smallest absolute Gasteiger partial charge is 0.168 e. The lowest BCUT2D eigenvalue weighted by atomic mass is 10.2. The quantitative estimate of drug-likeness (QED) is 0.568. The summed E-state index contributed by atoms with van der Waals surface area (Å²) < 4.78 is 5.48. The van der Waals surface area contributed by atoms with Gasteiger partial charge in [0, 0.05) is 20.1 Å². The lowest BCUT2D eigenvalue weighted by Gasteiger charge is -2.37. The van der Waals surface area contributed by atoms with Crippen LogP contribution in [0, 0.1) is 0 Å². The average Bonchev–Trinajstić information content (AvgIpc) is 2.15.